The molecule has 0 N–H and O–H groups in total. The van der Waals surface area contributed by atoms with Gasteiger partial charge in [-0.3, -0.25) is 0 Å². The topological polar surface area (TPSA) is 38.9 Å². The van der Waals surface area contributed by atoms with Crippen molar-refractivity contribution in [2.45, 2.75) is 6.42 Å². The van der Waals surface area contributed by atoms with E-state index in [1.165, 1.54) is 0 Å². The number of nitrogens with zero attached hydrogens (tertiary/aromatic N) is 2. The lowest BCUT2D eigenvalue weighted by Crippen LogP contribution is -1.87. The fraction of sp³-hybridized carbons (Fsp3) is 0.111. The minimum atomic E-state index is 0.490. The fourth-order valence-corrected chi connectivity index (χ4v) is 1.62. The van der Waals surface area contributed by atoms with Gasteiger partial charge in [-0.05, 0) is 38.8 Å². The van der Waals surface area contributed by atoms with Crippen LogP contribution in [0.25, 0.3) is 0 Å². The summed E-state index contributed by atoms with van der Waals surface area (Å²) in [5.74, 6) is 0.610. The van der Waals surface area contributed by atoms with Gasteiger partial charge in [-0.1, -0.05) is 28.1 Å². The molecule has 0 aliphatic heterocycles. The zero-order chi connectivity index (χ0) is 9.97. The van der Waals surface area contributed by atoms with Gasteiger partial charge in [0.15, 0.2) is 0 Å². The van der Waals surface area contributed by atoms with E-state index in [4.69, 9.17) is 4.52 Å². The smallest absolute Gasteiger partial charge is 0.238 e. The molecule has 0 radical (unpaired) electrons. The second kappa shape index (κ2) is 4.23. The van der Waals surface area contributed by atoms with E-state index < -0.39 is 0 Å². The monoisotopic (exact) mass is 316 g/mol. The first kappa shape index (κ1) is 9.86. The van der Waals surface area contributed by atoms with Crippen molar-refractivity contribution in [2.24, 2.45) is 0 Å². The Morgan fingerprint density at radius 1 is 1.14 bits per heavy atom. The number of aromatic nitrogens is 2. The molecule has 0 saturated carbocycles. The highest BCUT2D eigenvalue weighted by atomic mass is 79.9. The van der Waals surface area contributed by atoms with Crippen LogP contribution in [-0.4, -0.2) is 10.1 Å². The van der Waals surface area contributed by atoms with Gasteiger partial charge in [-0.2, -0.15) is 4.98 Å². The Bertz CT molecular complexity index is 425. The van der Waals surface area contributed by atoms with E-state index >= 15 is 0 Å². The average molecular weight is 318 g/mol. The van der Waals surface area contributed by atoms with E-state index in [-0.39, 0.29) is 0 Å². The van der Waals surface area contributed by atoms with Gasteiger partial charge < -0.3 is 4.52 Å². The zero-order valence-corrected chi connectivity index (χ0v) is 10.2. The standard InChI is InChI=1S/C9H6Br2N2O/c10-7-3-1-6(2-4-7)5-8-12-9(11)13-14-8/h1-4H,5H2. The zero-order valence-electron chi connectivity index (χ0n) is 7.08. The maximum atomic E-state index is 4.98. The van der Waals surface area contributed by atoms with Gasteiger partial charge in [-0.15, -0.1) is 0 Å². The molecule has 1 aromatic heterocycles. The summed E-state index contributed by atoms with van der Waals surface area (Å²) in [6.45, 7) is 0. The van der Waals surface area contributed by atoms with Crippen molar-refractivity contribution >= 4 is 31.9 Å². The van der Waals surface area contributed by atoms with Crippen molar-refractivity contribution in [3.05, 3.63) is 44.9 Å². The lowest BCUT2D eigenvalue weighted by Gasteiger charge is -1.95. The van der Waals surface area contributed by atoms with Gasteiger partial charge in [0.05, 0.1) is 6.42 Å². The highest BCUT2D eigenvalue weighted by molar-refractivity contribution is 9.10. The Kier molecular flexibility index (Phi) is 2.98. The van der Waals surface area contributed by atoms with E-state index in [0.717, 1.165) is 10.0 Å². The summed E-state index contributed by atoms with van der Waals surface area (Å²) in [7, 11) is 0. The van der Waals surface area contributed by atoms with Gasteiger partial charge in [-0.25, -0.2) is 0 Å². The molecular weight excluding hydrogens is 312 g/mol. The molecule has 0 aliphatic carbocycles. The Morgan fingerprint density at radius 2 is 1.86 bits per heavy atom. The van der Waals surface area contributed by atoms with E-state index in [2.05, 4.69) is 42.0 Å². The predicted molar refractivity (Wildman–Crippen MR) is 58.9 cm³/mol. The molecule has 2 aromatic rings. The highest BCUT2D eigenvalue weighted by Crippen LogP contribution is 2.14. The molecule has 0 atom stereocenters. The lowest BCUT2D eigenvalue weighted by atomic mass is 10.1. The first-order chi connectivity index (χ1) is 6.74. The third-order valence-corrected chi connectivity index (χ3v) is 2.56. The normalized spacial score (nSPS) is 10.4. The molecule has 0 unspecified atom stereocenters. The number of rotatable bonds is 2. The summed E-state index contributed by atoms with van der Waals surface area (Å²) < 4.78 is 6.53. The number of halogens is 2. The first-order valence-corrected chi connectivity index (χ1v) is 5.55. The lowest BCUT2D eigenvalue weighted by molar-refractivity contribution is 0.381. The third kappa shape index (κ3) is 2.42. The Balaban J connectivity index is 2.15. The van der Waals surface area contributed by atoms with E-state index in [9.17, 15) is 0 Å². The summed E-state index contributed by atoms with van der Waals surface area (Å²) in [5, 5.41) is 3.65. The van der Waals surface area contributed by atoms with Gasteiger partial charge in [0, 0.05) is 4.47 Å². The van der Waals surface area contributed by atoms with Gasteiger partial charge in [0.2, 0.25) is 10.6 Å². The third-order valence-electron chi connectivity index (χ3n) is 1.71. The number of hydrogen-bond acceptors (Lipinski definition) is 3. The summed E-state index contributed by atoms with van der Waals surface area (Å²) >= 11 is 6.51. The maximum absolute atomic E-state index is 4.98. The molecule has 0 aliphatic rings. The fourth-order valence-electron chi connectivity index (χ4n) is 1.08. The second-order valence-electron chi connectivity index (χ2n) is 2.76. The predicted octanol–water partition coefficient (Wildman–Crippen LogP) is 3.19. The van der Waals surface area contributed by atoms with E-state index in [1.54, 1.807) is 0 Å². The SMILES string of the molecule is Brc1ccc(Cc2nc(Br)no2)cc1. The Hall–Kier alpha value is -0.680. The van der Waals surface area contributed by atoms with Crippen molar-refractivity contribution in [1.82, 2.24) is 10.1 Å². The number of hydrogen-bond donors (Lipinski definition) is 0. The van der Waals surface area contributed by atoms with Crippen molar-refractivity contribution < 1.29 is 4.52 Å². The summed E-state index contributed by atoms with van der Waals surface area (Å²) in [6.07, 6.45) is 0.659. The second-order valence-corrected chi connectivity index (χ2v) is 4.39. The summed E-state index contributed by atoms with van der Waals surface area (Å²) in [6, 6.07) is 8.01. The summed E-state index contributed by atoms with van der Waals surface area (Å²) in [4.78, 5) is 4.06. The molecule has 1 aromatic carbocycles. The molecule has 0 amide bonds. The molecule has 0 bridgehead atoms. The van der Waals surface area contributed by atoms with E-state index in [1.807, 2.05) is 24.3 Å². The molecule has 14 heavy (non-hydrogen) atoms. The van der Waals surface area contributed by atoms with E-state index in [0.29, 0.717) is 17.0 Å². The van der Waals surface area contributed by atoms with Crippen LogP contribution in [0.1, 0.15) is 11.5 Å². The summed E-state index contributed by atoms with van der Waals surface area (Å²) in [5.41, 5.74) is 1.14. The van der Waals surface area contributed by atoms with Crippen LogP contribution < -0.4 is 0 Å². The first-order valence-electron chi connectivity index (χ1n) is 3.96. The van der Waals surface area contributed by atoms with Gasteiger partial charge >= 0.3 is 0 Å². The van der Waals surface area contributed by atoms with Crippen LogP contribution in [0.3, 0.4) is 0 Å². The Labute approximate surface area is 97.8 Å². The van der Waals surface area contributed by atoms with Crippen LogP contribution in [0.4, 0.5) is 0 Å². The van der Waals surface area contributed by atoms with Crippen LogP contribution >= 0.6 is 31.9 Å². The quantitative estimate of drug-likeness (QED) is 0.854. The van der Waals surface area contributed by atoms with Crippen molar-refractivity contribution in [3.8, 4) is 0 Å². The van der Waals surface area contributed by atoms with Crippen molar-refractivity contribution in [3.63, 3.8) is 0 Å². The minimum absolute atomic E-state index is 0.490. The molecule has 72 valence electrons. The number of benzene rings is 1. The molecule has 2 rings (SSSR count). The molecular formula is C9H6Br2N2O. The largest absolute Gasteiger partial charge is 0.338 e. The highest BCUT2D eigenvalue weighted by Gasteiger charge is 2.04. The molecule has 5 heteroatoms. The minimum Gasteiger partial charge on any atom is -0.338 e. The molecule has 0 fully saturated rings. The van der Waals surface area contributed by atoms with Crippen molar-refractivity contribution in [1.29, 1.82) is 0 Å². The van der Waals surface area contributed by atoms with Crippen LogP contribution in [0, 0.1) is 0 Å². The molecule has 1 heterocycles. The molecule has 0 spiro atoms. The van der Waals surface area contributed by atoms with Crippen LogP contribution in [0.5, 0.6) is 0 Å². The molecule has 0 saturated heterocycles. The van der Waals surface area contributed by atoms with Crippen molar-refractivity contribution in [2.75, 3.05) is 0 Å². The van der Waals surface area contributed by atoms with Crippen LogP contribution in [0.15, 0.2) is 38.0 Å². The van der Waals surface area contributed by atoms with Gasteiger partial charge in [0.25, 0.3) is 0 Å². The Morgan fingerprint density at radius 3 is 2.43 bits per heavy atom. The van der Waals surface area contributed by atoms with Crippen LogP contribution in [-0.2, 0) is 6.42 Å². The average Bonchev–Trinajstić information content (AvgIpc) is 2.56. The van der Waals surface area contributed by atoms with Crippen LogP contribution in [0.2, 0.25) is 0 Å². The molecule has 3 nitrogen and oxygen atoms in total. The van der Waals surface area contributed by atoms with Gasteiger partial charge in [0.1, 0.15) is 0 Å². The maximum Gasteiger partial charge on any atom is 0.238 e.